The monoisotopic (exact) mass is 372 g/mol. The Kier molecular flexibility index (Phi) is 4.98. The minimum atomic E-state index is -1.80. The Labute approximate surface area is 155 Å². The number of rotatable bonds is 6. The molecule has 1 amide bonds. The van der Waals surface area contributed by atoms with Gasteiger partial charge in [0.2, 0.25) is 12.5 Å². The van der Waals surface area contributed by atoms with Crippen LogP contribution in [0.25, 0.3) is 0 Å². The lowest BCUT2D eigenvalue weighted by molar-refractivity contribution is -0.485. The van der Waals surface area contributed by atoms with Crippen LogP contribution < -0.4 is 5.32 Å². The molecular weight excluding hydrogens is 352 g/mol. The van der Waals surface area contributed by atoms with E-state index in [4.69, 9.17) is 9.15 Å². The van der Waals surface area contributed by atoms with E-state index in [0.717, 1.165) is 5.56 Å². The number of hydrogen-bond acceptors (Lipinski definition) is 6. The van der Waals surface area contributed by atoms with Gasteiger partial charge in [0.05, 0.1) is 25.2 Å². The summed E-state index contributed by atoms with van der Waals surface area (Å²) in [5.41, 5.74) is -0.310. The molecule has 1 aliphatic heterocycles. The molecule has 0 bridgehead atoms. The number of furan rings is 1. The van der Waals surface area contributed by atoms with Crippen LogP contribution in [-0.2, 0) is 14.3 Å². The number of aryl methyl sites for hydroxylation is 1. The molecule has 2 aromatic rings. The molecule has 0 saturated carbocycles. The summed E-state index contributed by atoms with van der Waals surface area (Å²) < 4.78 is 10.4. The number of esters is 1. The number of carbonyl (C=O) groups is 2. The van der Waals surface area contributed by atoms with Crippen LogP contribution in [0.2, 0.25) is 0 Å². The second kappa shape index (κ2) is 7.22. The maximum absolute atomic E-state index is 13.0. The minimum absolute atomic E-state index is 0.127. The predicted molar refractivity (Wildman–Crippen MR) is 94.7 cm³/mol. The van der Waals surface area contributed by atoms with Crippen LogP contribution in [0.15, 0.2) is 47.1 Å². The molecular formula is C19H20N2O6. The Balaban J connectivity index is 2.23. The highest BCUT2D eigenvalue weighted by Gasteiger charge is 2.64. The van der Waals surface area contributed by atoms with Gasteiger partial charge in [-0.15, -0.1) is 0 Å². The summed E-state index contributed by atoms with van der Waals surface area (Å²) in [5.74, 6) is -2.74. The van der Waals surface area contributed by atoms with E-state index in [-0.39, 0.29) is 6.54 Å². The molecule has 3 atom stereocenters. The molecule has 0 unspecified atom stereocenters. The normalized spacial score (nSPS) is 22.9. The SMILES string of the molecule is COC(=O)[C@@]1([C@H](C[N+](=O)[O-])c2ccc(C)cc2)C(=O)NC[C@H]1c1ccco1. The molecule has 0 aliphatic carbocycles. The molecule has 1 aliphatic rings. The molecule has 0 spiro atoms. The quantitative estimate of drug-likeness (QED) is 0.359. The minimum Gasteiger partial charge on any atom is -0.469 e. The molecule has 0 radical (unpaired) electrons. The Morgan fingerprint density at radius 3 is 2.67 bits per heavy atom. The zero-order chi connectivity index (χ0) is 19.6. The van der Waals surface area contributed by atoms with Crippen molar-refractivity contribution in [3.8, 4) is 0 Å². The Morgan fingerprint density at radius 1 is 1.41 bits per heavy atom. The third kappa shape index (κ3) is 3.07. The van der Waals surface area contributed by atoms with Crippen LogP contribution in [-0.4, -0.2) is 37.0 Å². The van der Waals surface area contributed by atoms with Crippen LogP contribution in [0.3, 0.4) is 0 Å². The Bertz CT molecular complexity index is 846. The summed E-state index contributed by atoms with van der Waals surface area (Å²) in [6.07, 6.45) is 1.44. The molecule has 2 heterocycles. The van der Waals surface area contributed by atoms with Gasteiger partial charge in [-0.05, 0) is 24.6 Å². The van der Waals surface area contributed by atoms with E-state index in [1.165, 1.54) is 13.4 Å². The smallest absolute Gasteiger partial charge is 0.323 e. The first-order valence-corrected chi connectivity index (χ1v) is 8.49. The number of hydrogen-bond donors (Lipinski definition) is 1. The van der Waals surface area contributed by atoms with E-state index in [1.807, 2.05) is 6.92 Å². The van der Waals surface area contributed by atoms with Gasteiger partial charge in [0.1, 0.15) is 5.76 Å². The van der Waals surface area contributed by atoms with Gasteiger partial charge >= 0.3 is 5.97 Å². The third-order valence-electron chi connectivity index (χ3n) is 5.16. The lowest BCUT2D eigenvalue weighted by Gasteiger charge is -2.34. The summed E-state index contributed by atoms with van der Waals surface area (Å²) in [6.45, 7) is 1.42. The Morgan fingerprint density at radius 2 is 2.11 bits per heavy atom. The van der Waals surface area contributed by atoms with Crippen molar-refractivity contribution in [2.45, 2.75) is 18.8 Å². The van der Waals surface area contributed by atoms with Crippen molar-refractivity contribution in [3.05, 3.63) is 69.7 Å². The second-order valence-corrected chi connectivity index (χ2v) is 6.62. The van der Waals surface area contributed by atoms with E-state index >= 15 is 0 Å². The van der Waals surface area contributed by atoms with Gasteiger partial charge in [0, 0.05) is 11.5 Å². The summed E-state index contributed by atoms with van der Waals surface area (Å²) in [7, 11) is 1.17. The van der Waals surface area contributed by atoms with E-state index in [2.05, 4.69) is 5.32 Å². The number of benzene rings is 1. The highest BCUT2D eigenvalue weighted by molar-refractivity contribution is 6.06. The number of carbonyl (C=O) groups excluding carboxylic acids is 2. The lowest BCUT2D eigenvalue weighted by Crippen LogP contribution is -2.49. The fraction of sp³-hybridized carbons (Fsp3) is 0.368. The highest BCUT2D eigenvalue weighted by Crippen LogP contribution is 2.51. The average molecular weight is 372 g/mol. The Hall–Kier alpha value is -3.16. The van der Waals surface area contributed by atoms with Crippen molar-refractivity contribution in [1.82, 2.24) is 5.32 Å². The van der Waals surface area contributed by atoms with E-state index in [0.29, 0.717) is 11.3 Å². The molecule has 27 heavy (non-hydrogen) atoms. The fourth-order valence-corrected chi connectivity index (χ4v) is 3.88. The van der Waals surface area contributed by atoms with Crippen LogP contribution in [0.1, 0.15) is 28.7 Å². The van der Waals surface area contributed by atoms with Crippen LogP contribution >= 0.6 is 0 Å². The molecule has 1 N–H and O–H groups in total. The van der Waals surface area contributed by atoms with Gasteiger partial charge < -0.3 is 14.5 Å². The van der Waals surface area contributed by atoms with Gasteiger partial charge in [-0.2, -0.15) is 0 Å². The second-order valence-electron chi connectivity index (χ2n) is 6.62. The van der Waals surface area contributed by atoms with Crippen molar-refractivity contribution < 1.29 is 23.7 Å². The summed E-state index contributed by atoms with van der Waals surface area (Å²) >= 11 is 0. The number of amides is 1. The molecule has 3 rings (SSSR count). The number of nitro groups is 1. The average Bonchev–Trinajstić information content (AvgIpc) is 3.28. The molecule has 1 aromatic heterocycles. The van der Waals surface area contributed by atoms with Gasteiger partial charge in [-0.3, -0.25) is 19.7 Å². The van der Waals surface area contributed by atoms with Gasteiger partial charge in [0.15, 0.2) is 5.41 Å². The van der Waals surface area contributed by atoms with Gasteiger partial charge in [0.25, 0.3) is 0 Å². The lowest BCUT2D eigenvalue weighted by atomic mass is 9.64. The van der Waals surface area contributed by atoms with Crippen LogP contribution in [0.5, 0.6) is 0 Å². The van der Waals surface area contributed by atoms with Crippen molar-refractivity contribution in [2.75, 3.05) is 20.2 Å². The first-order valence-electron chi connectivity index (χ1n) is 8.49. The van der Waals surface area contributed by atoms with Crippen LogP contribution in [0.4, 0.5) is 0 Å². The zero-order valence-corrected chi connectivity index (χ0v) is 15.0. The number of nitrogens with zero attached hydrogens (tertiary/aromatic N) is 1. The van der Waals surface area contributed by atoms with Crippen molar-refractivity contribution >= 4 is 11.9 Å². The van der Waals surface area contributed by atoms with Gasteiger partial charge in [-0.1, -0.05) is 29.8 Å². The van der Waals surface area contributed by atoms with Crippen molar-refractivity contribution in [2.24, 2.45) is 5.41 Å². The first kappa shape index (κ1) is 18.6. The molecule has 1 aromatic carbocycles. The molecule has 1 fully saturated rings. The topological polar surface area (TPSA) is 112 Å². The third-order valence-corrected chi connectivity index (χ3v) is 5.16. The largest absolute Gasteiger partial charge is 0.469 e. The number of ether oxygens (including phenoxy) is 1. The summed E-state index contributed by atoms with van der Waals surface area (Å²) in [6, 6.07) is 10.3. The van der Waals surface area contributed by atoms with Crippen LogP contribution in [0, 0.1) is 22.5 Å². The molecule has 1 saturated heterocycles. The molecule has 8 nitrogen and oxygen atoms in total. The van der Waals surface area contributed by atoms with Crippen molar-refractivity contribution in [3.63, 3.8) is 0 Å². The first-order chi connectivity index (χ1) is 12.9. The summed E-state index contributed by atoms with van der Waals surface area (Å²) in [5, 5.41) is 14.1. The molecule has 8 heteroatoms. The number of methoxy groups -OCH3 is 1. The fourth-order valence-electron chi connectivity index (χ4n) is 3.88. The maximum atomic E-state index is 13.0. The predicted octanol–water partition coefficient (Wildman–Crippen LogP) is 2.02. The van der Waals surface area contributed by atoms with E-state index in [9.17, 15) is 19.7 Å². The highest BCUT2D eigenvalue weighted by atomic mass is 16.6. The summed E-state index contributed by atoms with van der Waals surface area (Å²) in [4.78, 5) is 36.9. The standard InChI is InChI=1S/C19H20N2O6/c1-12-5-7-13(8-6-12)15(11-21(24)25)19(18(23)26-2)14(10-20-17(19)22)16-4-3-9-27-16/h3-9,14-15H,10-11H2,1-2H3,(H,20,22)/t14-,15+,19-/m0/s1. The zero-order valence-electron chi connectivity index (χ0n) is 15.0. The van der Waals surface area contributed by atoms with E-state index < -0.39 is 40.6 Å². The molecule has 142 valence electrons. The number of nitrogens with one attached hydrogen (secondary N) is 1. The van der Waals surface area contributed by atoms with Gasteiger partial charge in [-0.25, -0.2) is 0 Å². The maximum Gasteiger partial charge on any atom is 0.323 e. The van der Waals surface area contributed by atoms with Crippen molar-refractivity contribution in [1.29, 1.82) is 0 Å². The van der Waals surface area contributed by atoms with E-state index in [1.54, 1.807) is 36.4 Å².